The van der Waals surface area contributed by atoms with Crippen molar-refractivity contribution in [3.63, 3.8) is 0 Å². The second kappa shape index (κ2) is 10.3. The summed E-state index contributed by atoms with van der Waals surface area (Å²) < 4.78 is 34.5. The van der Waals surface area contributed by atoms with Crippen molar-refractivity contribution in [2.24, 2.45) is 0 Å². The summed E-state index contributed by atoms with van der Waals surface area (Å²) in [6, 6.07) is 8.75. The molecule has 0 bridgehead atoms. The fourth-order valence-corrected chi connectivity index (χ4v) is 5.03. The molecule has 34 heavy (non-hydrogen) atoms. The molecule has 0 spiro atoms. The van der Waals surface area contributed by atoms with E-state index in [-0.39, 0.29) is 5.75 Å². The average molecular weight is 479 g/mol. The summed E-state index contributed by atoms with van der Waals surface area (Å²) in [7, 11) is 4.09. The molecule has 176 valence electrons. The lowest BCUT2D eigenvalue weighted by atomic mass is 10.0. The molecule has 1 unspecified atom stereocenters. The van der Waals surface area contributed by atoms with Crippen molar-refractivity contribution < 1.29 is 18.3 Å². The number of phenols is 1. The Kier molecular flexibility index (Phi) is 7.23. The summed E-state index contributed by atoms with van der Waals surface area (Å²) in [5.41, 5.74) is 2.07. The Balaban J connectivity index is 1.35. The number of nitrogens with zero attached hydrogens (tertiary/aromatic N) is 3. The van der Waals surface area contributed by atoms with E-state index in [4.69, 9.17) is 12.6 Å². The van der Waals surface area contributed by atoms with Gasteiger partial charge in [0.25, 0.3) is 0 Å². The minimum atomic E-state index is -3.47. The number of fused-ring (bicyclic) bond motifs is 1. The number of nitrogens with one attached hydrogen (secondary N) is 2. The number of benzene rings is 1. The van der Waals surface area contributed by atoms with Gasteiger partial charge in [-0.3, -0.25) is 0 Å². The van der Waals surface area contributed by atoms with Crippen LogP contribution in [0.2, 0.25) is 0 Å². The molecule has 4 rings (SSSR count). The van der Waals surface area contributed by atoms with E-state index in [1.54, 1.807) is 47.0 Å². The lowest BCUT2D eigenvalue weighted by molar-refractivity contribution is 0.276. The molecule has 0 amide bonds. The topological polar surface area (TPSA) is 118 Å². The lowest BCUT2D eigenvalue weighted by Crippen LogP contribution is -2.35. The molecular formula is C23H26BN5O4S. The molecule has 2 radical (unpaired) electrons. The molecule has 1 aliphatic rings. The van der Waals surface area contributed by atoms with Crippen molar-refractivity contribution in [1.29, 1.82) is 0 Å². The fourth-order valence-electron chi connectivity index (χ4n) is 3.71. The molecule has 1 aromatic carbocycles. The van der Waals surface area contributed by atoms with Gasteiger partial charge in [0, 0.05) is 37.3 Å². The van der Waals surface area contributed by atoms with Crippen LogP contribution in [0.3, 0.4) is 0 Å². The number of hydrogen-bond acceptors (Lipinski definition) is 7. The van der Waals surface area contributed by atoms with Gasteiger partial charge in [-0.05, 0) is 36.5 Å². The molecule has 0 fully saturated rings. The van der Waals surface area contributed by atoms with E-state index in [0.717, 1.165) is 6.42 Å². The predicted molar refractivity (Wildman–Crippen MR) is 133 cm³/mol. The van der Waals surface area contributed by atoms with Gasteiger partial charge in [0.1, 0.15) is 24.7 Å². The number of phenolic OH excluding ortho intramolecular Hbond substituents is 1. The molecule has 0 saturated heterocycles. The number of para-hydroxylation sites is 1. The Bertz CT molecular complexity index is 1340. The first kappa shape index (κ1) is 23.8. The van der Waals surface area contributed by atoms with Crippen molar-refractivity contribution >= 4 is 34.8 Å². The van der Waals surface area contributed by atoms with Crippen molar-refractivity contribution in [2.45, 2.75) is 24.5 Å². The van der Waals surface area contributed by atoms with Gasteiger partial charge < -0.3 is 15.2 Å². The summed E-state index contributed by atoms with van der Waals surface area (Å²) in [5, 5.41) is 17.2. The molecule has 3 aromatic rings. The van der Waals surface area contributed by atoms with Crippen LogP contribution in [-0.4, -0.2) is 61.4 Å². The number of aromatic nitrogens is 3. The number of ether oxygens (including phenoxy) is 1. The molecule has 0 aliphatic heterocycles. The molecule has 11 heteroatoms. The predicted octanol–water partition coefficient (Wildman–Crippen LogP) is 1.87. The van der Waals surface area contributed by atoms with E-state index < -0.39 is 15.3 Å². The van der Waals surface area contributed by atoms with Gasteiger partial charge in [0.05, 0.1) is 18.6 Å². The van der Waals surface area contributed by atoms with Crippen molar-refractivity contribution in [3.8, 4) is 17.0 Å². The number of hydrogen-bond donors (Lipinski definition) is 3. The van der Waals surface area contributed by atoms with Crippen LogP contribution in [-0.2, 0) is 14.8 Å². The Hall–Kier alpha value is -3.31. The van der Waals surface area contributed by atoms with E-state index in [1.165, 1.54) is 13.3 Å². The summed E-state index contributed by atoms with van der Waals surface area (Å²) in [4.78, 5) is 4.55. The Morgan fingerprint density at radius 3 is 2.85 bits per heavy atom. The molecule has 0 saturated carbocycles. The van der Waals surface area contributed by atoms with Gasteiger partial charge in [-0.25, -0.2) is 18.1 Å². The Morgan fingerprint density at radius 1 is 1.26 bits per heavy atom. The molecule has 3 N–H and O–H groups in total. The first-order valence-electron chi connectivity index (χ1n) is 11.0. The number of unbranched alkanes of at least 4 members (excludes halogenated alkanes) is 1. The first-order chi connectivity index (χ1) is 16.4. The van der Waals surface area contributed by atoms with Crippen LogP contribution in [0.15, 0.2) is 60.5 Å². The fraction of sp³-hybridized carbons (Fsp3) is 0.304. The third-order valence-electron chi connectivity index (χ3n) is 5.56. The number of allylic oxidation sites excluding steroid dienone is 3. The molecule has 1 atom stereocenters. The number of methoxy groups -OCH3 is 1. The molecule has 2 heterocycles. The van der Waals surface area contributed by atoms with Crippen molar-refractivity contribution in [2.75, 3.05) is 25.5 Å². The highest BCUT2D eigenvalue weighted by Crippen LogP contribution is 2.29. The van der Waals surface area contributed by atoms with Gasteiger partial charge in [0.2, 0.25) is 10.0 Å². The van der Waals surface area contributed by atoms with Gasteiger partial charge in [-0.2, -0.15) is 9.61 Å². The zero-order valence-corrected chi connectivity index (χ0v) is 19.6. The van der Waals surface area contributed by atoms with E-state index in [1.807, 2.05) is 6.07 Å². The van der Waals surface area contributed by atoms with E-state index in [9.17, 15) is 13.5 Å². The second-order valence-electron chi connectivity index (χ2n) is 7.92. The third kappa shape index (κ3) is 5.26. The summed E-state index contributed by atoms with van der Waals surface area (Å²) >= 11 is 0. The zero-order valence-electron chi connectivity index (χ0n) is 18.8. The number of aromatic hydroxyl groups is 1. The van der Waals surface area contributed by atoms with Gasteiger partial charge in [-0.1, -0.05) is 24.3 Å². The SMILES string of the molecule is [B]c1cnn2c(NCCCCNS(=O)(=O)C3C=CC=C(OC)C3)cc(-c3ccccc3O)nc12. The third-order valence-corrected chi connectivity index (χ3v) is 7.29. The smallest absolute Gasteiger partial charge is 0.218 e. The van der Waals surface area contributed by atoms with Crippen LogP contribution in [0, 0.1) is 0 Å². The lowest BCUT2D eigenvalue weighted by Gasteiger charge is -2.18. The maximum atomic E-state index is 12.5. The minimum absolute atomic E-state index is 0.122. The van der Waals surface area contributed by atoms with Crippen LogP contribution in [0.5, 0.6) is 5.75 Å². The normalized spacial score (nSPS) is 15.9. The zero-order chi connectivity index (χ0) is 24.1. The summed E-state index contributed by atoms with van der Waals surface area (Å²) in [6.07, 6.45) is 8.37. The largest absolute Gasteiger partial charge is 0.507 e. The van der Waals surface area contributed by atoms with Crippen molar-refractivity contribution in [3.05, 3.63) is 60.5 Å². The molecule has 2 aromatic heterocycles. The van der Waals surface area contributed by atoms with Crippen LogP contribution in [0.1, 0.15) is 19.3 Å². The molecule has 1 aliphatic carbocycles. The highest BCUT2D eigenvalue weighted by Gasteiger charge is 2.25. The molecule has 9 nitrogen and oxygen atoms in total. The van der Waals surface area contributed by atoms with Crippen molar-refractivity contribution in [1.82, 2.24) is 19.3 Å². The van der Waals surface area contributed by atoms with Crippen LogP contribution in [0.4, 0.5) is 5.82 Å². The Labute approximate surface area is 200 Å². The Morgan fingerprint density at radius 2 is 2.06 bits per heavy atom. The number of rotatable bonds is 10. The minimum Gasteiger partial charge on any atom is -0.507 e. The van der Waals surface area contributed by atoms with E-state index in [2.05, 4.69) is 20.1 Å². The monoisotopic (exact) mass is 479 g/mol. The highest BCUT2D eigenvalue weighted by atomic mass is 32.2. The summed E-state index contributed by atoms with van der Waals surface area (Å²) in [6.45, 7) is 0.921. The highest BCUT2D eigenvalue weighted by molar-refractivity contribution is 7.90. The van der Waals surface area contributed by atoms with Crippen LogP contribution in [0.25, 0.3) is 16.9 Å². The maximum Gasteiger partial charge on any atom is 0.218 e. The molecular weight excluding hydrogens is 453 g/mol. The summed E-state index contributed by atoms with van der Waals surface area (Å²) in [5.74, 6) is 1.44. The quantitative estimate of drug-likeness (QED) is 0.300. The van der Waals surface area contributed by atoms with Crippen LogP contribution >= 0.6 is 0 Å². The van der Waals surface area contributed by atoms with Gasteiger partial charge >= 0.3 is 0 Å². The number of anilines is 1. The van der Waals surface area contributed by atoms with E-state index in [0.29, 0.717) is 59.9 Å². The van der Waals surface area contributed by atoms with Gasteiger partial charge in [-0.15, -0.1) is 0 Å². The first-order valence-corrected chi connectivity index (χ1v) is 12.5. The van der Waals surface area contributed by atoms with E-state index >= 15 is 0 Å². The van der Waals surface area contributed by atoms with Gasteiger partial charge in [0.15, 0.2) is 5.65 Å². The number of sulfonamides is 1. The maximum absolute atomic E-state index is 12.5. The standard InChI is InChI=1S/C23H26BN5O4S/c1-33-16-7-6-8-17(13-16)34(31,32)27-12-5-4-11-25-22-14-20(18-9-2-3-10-21(18)30)28-23-19(24)15-26-29(22)23/h2-3,6-10,14-15,17,25,27,30H,4-5,11-13H2,1H3. The second-order valence-corrected chi connectivity index (χ2v) is 9.90. The van der Waals surface area contributed by atoms with Crippen LogP contribution < -0.4 is 15.5 Å². The average Bonchev–Trinajstić information content (AvgIpc) is 3.22.